The lowest BCUT2D eigenvalue weighted by Gasteiger charge is -2.34. The number of hydrogen-bond acceptors (Lipinski definition) is 14. The summed E-state index contributed by atoms with van der Waals surface area (Å²) in [6.45, 7) is -0.805. The van der Waals surface area contributed by atoms with Crippen molar-refractivity contribution in [3.05, 3.63) is 70.6 Å². The quantitative estimate of drug-likeness (QED) is 0.219. The van der Waals surface area contributed by atoms with E-state index in [1.807, 2.05) is 0 Å². The van der Waals surface area contributed by atoms with Crippen LogP contribution in [0.2, 0.25) is 0 Å². The lowest BCUT2D eigenvalue weighted by molar-refractivity contribution is -0.759. The lowest BCUT2D eigenvalue weighted by atomic mass is 9.99. The summed E-state index contributed by atoms with van der Waals surface area (Å²) in [7, 11) is 3.63. The summed E-state index contributed by atoms with van der Waals surface area (Å²) < 4.78 is 32.6. The standard InChI is InChI=1S/C21H17N3O14/c1-32-12-6-10(11(22(26)27)7-13(12)33-2)17-14(8-35-24(30)31)36-20-18-9(4-5-15(25)37-18)16(23(28)29)19(34-3)21(20)38-17/h4-7,14,17H,8H2,1-3H3/t14-,17-/m1/s1. The van der Waals surface area contributed by atoms with Gasteiger partial charge in [-0.25, -0.2) is 4.79 Å². The first-order chi connectivity index (χ1) is 18.1. The maximum Gasteiger partial charge on any atom is 0.336 e. The molecule has 200 valence electrons. The van der Waals surface area contributed by atoms with Gasteiger partial charge in [0.05, 0.1) is 42.8 Å². The van der Waals surface area contributed by atoms with Gasteiger partial charge >= 0.3 is 11.3 Å². The van der Waals surface area contributed by atoms with Crippen molar-refractivity contribution < 1.29 is 47.9 Å². The molecule has 17 nitrogen and oxygen atoms in total. The molecule has 0 amide bonds. The number of benzene rings is 2. The molecule has 3 aromatic rings. The topological polar surface area (TPSA) is 215 Å². The highest BCUT2D eigenvalue weighted by molar-refractivity contribution is 5.97. The largest absolute Gasteiger partial charge is 0.493 e. The van der Waals surface area contributed by atoms with E-state index in [4.69, 9.17) is 28.1 Å². The normalized spacial score (nSPS) is 16.0. The number of nitrogens with zero attached hydrogens (tertiary/aromatic N) is 3. The van der Waals surface area contributed by atoms with Gasteiger partial charge in [0, 0.05) is 6.07 Å². The van der Waals surface area contributed by atoms with Crippen LogP contribution in [0.25, 0.3) is 11.0 Å². The predicted molar refractivity (Wildman–Crippen MR) is 123 cm³/mol. The summed E-state index contributed by atoms with van der Waals surface area (Å²) in [5.74, 6) is -1.21. The number of ether oxygens (including phenoxy) is 5. The van der Waals surface area contributed by atoms with Gasteiger partial charge in [0.25, 0.3) is 10.8 Å². The van der Waals surface area contributed by atoms with Crippen LogP contribution in [0.15, 0.2) is 33.5 Å². The summed E-state index contributed by atoms with van der Waals surface area (Å²) in [5, 5.41) is 33.5. The number of fused-ring (bicyclic) bond motifs is 3. The Balaban J connectivity index is 2.02. The van der Waals surface area contributed by atoms with Gasteiger partial charge in [-0.3, -0.25) is 20.2 Å². The van der Waals surface area contributed by atoms with Crippen LogP contribution in [0, 0.1) is 30.3 Å². The number of rotatable bonds is 9. The van der Waals surface area contributed by atoms with Crippen LogP contribution in [-0.4, -0.2) is 49.0 Å². The Bertz CT molecular complexity index is 1520. The Hall–Kier alpha value is -5.35. The van der Waals surface area contributed by atoms with Crippen molar-refractivity contribution in [2.24, 2.45) is 0 Å². The summed E-state index contributed by atoms with van der Waals surface area (Å²) in [6, 6.07) is 4.28. The highest BCUT2D eigenvalue weighted by Crippen LogP contribution is 2.55. The van der Waals surface area contributed by atoms with Gasteiger partial charge in [0.2, 0.25) is 17.2 Å². The highest BCUT2D eigenvalue weighted by atomic mass is 17.0. The summed E-state index contributed by atoms with van der Waals surface area (Å²) >= 11 is 0. The van der Waals surface area contributed by atoms with Crippen molar-refractivity contribution in [3.63, 3.8) is 0 Å². The molecule has 1 aliphatic heterocycles. The molecule has 2 heterocycles. The van der Waals surface area contributed by atoms with Crippen molar-refractivity contribution in [2.45, 2.75) is 12.2 Å². The highest BCUT2D eigenvalue weighted by Gasteiger charge is 2.44. The molecule has 0 radical (unpaired) electrons. The Labute approximate surface area is 210 Å². The Kier molecular flexibility index (Phi) is 6.74. The first kappa shape index (κ1) is 25.7. The second-order valence-electron chi connectivity index (χ2n) is 7.53. The molecule has 1 aromatic heterocycles. The molecule has 2 atom stereocenters. The van der Waals surface area contributed by atoms with E-state index in [1.165, 1.54) is 20.3 Å². The first-order valence-corrected chi connectivity index (χ1v) is 10.4. The minimum atomic E-state index is -1.54. The second kappa shape index (κ2) is 9.96. The van der Waals surface area contributed by atoms with Crippen LogP contribution in [0.3, 0.4) is 0 Å². The number of nitro benzene ring substituents is 2. The SMILES string of the molecule is COc1cc([C@H]2Oc3c(OC)c([N+](=O)[O-])c4ccc(=O)oc4c3O[C@@H]2CO[N+](=O)[O-])c([N+](=O)[O-])cc1OC. The van der Waals surface area contributed by atoms with E-state index in [-0.39, 0.29) is 28.2 Å². The minimum Gasteiger partial charge on any atom is -0.493 e. The summed E-state index contributed by atoms with van der Waals surface area (Å²) in [6.07, 6.45) is -3.01. The zero-order valence-corrected chi connectivity index (χ0v) is 19.7. The van der Waals surface area contributed by atoms with E-state index in [2.05, 4.69) is 4.84 Å². The molecule has 0 bridgehead atoms. The predicted octanol–water partition coefficient (Wildman–Crippen LogP) is 2.72. The van der Waals surface area contributed by atoms with E-state index in [0.717, 1.165) is 25.3 Å². The average molecular weight is 535 g/mol. The number of hydrogen-bond donors (Lipinski definition) is 0. The molecule has 2 aromatic carbocycles. The maximum atomic E-state index is 12.0. The van der Waals surface area contributed by atoms with Crippen molar-refractivity contribution >= 4 is 22.3 Å². The molecular weight excluding hydrogens is 518 g/mol. The van der Waals surface area contributed by atoms with Gasteiger partial charge in [0.15, 0.2) is 29.3 Å². The molecule has 1 aliphatic rings. The van der Waals surface area contributed by atoms with E-state index in [1.54, 1.807) is 0 Å². The van der Waals surface area contributed by atoms with Crippen molar-refractivity contribution in [3.8, 4) is 28.7 Å². The van der Waals surface area contributed by atoms with Gasteiger partial charge < -0.3 is 32.9 Å². The second-order valence-corrected chi connectivity index (χ2v) is 7.53. The van der Waals surface area contributed by atoms with Gasteiger partial charge in [0.1, 0.15) is 12.0 Å². The smallest absolute Gasteiger partial charge is 0.336 e. The third kappa shape index (κ3) is 4.36. The molecule has 4 rings (SSSR count). The molecule has 0 saturated carbocycles. The van der Waals surface area contributed by atoms with Crippen molar-refractivity contribution in [1.82, 2.24) is 0 Å². The zero-order chi connectivity index (χ0) is 27.7. The molecule has 17 heteroatoms. The Morgan fingerprint density at radius 2 is 1.58 bits per heavy atom. The molecule has 0 unspecified atom stereocenters. The number of nitro groups is 2. The van der Waals surface area contributed by atoms with Gasteiger partial charge in [-0.1, -0.05) is 0 Å². The fraction of sp³-hybridized carbons (Fsp3) is 0.286. The lowest BCUT2D eigenvalue weighted by Crippen LogP contribution is -2.38. The number of methoxy groups -OCH3 is 3. The fourth-order valence-corrected chi connectivity index (χ4v) is 4.00. The van der Waals surface area contributed by atoms with Crippen LogP contribution in [0.1, 0.15) is 11.7 Å². The van der Waals surface area contributed by atoms with E-state index in [0.29, 0.717) is 0 Å². The van der Waals surface area contributed by atoms with Crippen LogP contribution >= 0.6 is 0 Å². The molecule has 38 heavy (non-hydrogen) atoms. The molecule has 0 aliphatic carbocycles. The fourth-order valence-electron chi connectivity index (χ4n) is 4.00. The van der Waals surface area contributed by atoms with Crippen LogP contribution in [0.4, 0.5) is 11.4 Å². The summed E-state index contributed by atoms with van der Waals surface area (Å²) in [4.78, 5) is 49.7. The minimum absolute atomic E-state index is 0.000780. The van der Waals surface area contributed by atoms with Gasteiger partial charge in [-0.05, 0) is 12.1 Å². The monoisotopic (exact) mass is 535 g/mol. The first-order valence-electron chi connectivity index (χ1n) is 10.4. The Morgan fingerprint density at radius 3 is 2.16 bits per heavy atom. The molecular formula is C21H17N3O14. The average Bonchev–Trinajstić information content (AvgIpc) is 2.89. The third-order valence-corrected chi connectivity index (χ3v) is 5.54. The van der Waals surface area contributed by atoms with E-state index < -0.39 is 67.8 Å². The molecule has 0 saturated heterocycles. The van der Waals surface area contributed by atoms with E-state index >= 15 is 0 Å². The van der Waals surface area contributed by atoms with Crippen LogP contribution in [-0.2, 0) is 4.84 Å². The molecule has 0 fully saturated rings. The van der Waals surface area contributed by atoms with E-state index in [9.17, 15) is 35.1 Å². The molecule has 0 N–H and O–H groups in total. The van der Waals surface area contributed by atoms with Gasteiger partial charge in [-0.15, -0.1) is 10.1 Å². The molecule has 0 spiro atoms. The summed E-state index contributed by atoms with van der Waals surface area (Å²) in [5.41, 5.74) is -2.69. The van der Waals surface area contributed by atoms with Crippen LogP contribution in [0.5, 0.6) is 28.7 Å². The third-order valence-electron chi connectivity index (χ3n) is 5.54. The van der Waals surface area contributed by atoms with Crippen LogP contribution < -0.4 is 29.3 Å². The van der Waals surface area contributed by atoms with Gasteiger partial charge in [-0.2, -0.15) is 0 Å². The Morgan fingerprint density at radius 1 is 0.895 bits per heavy atom. The van der Waals surface area contributed by atoms with Crippen molar-refractivity contribution in [1.29, 1.82) is 0 Å². The van der Waals surface area contributed by atoms with Crippen molar-refractivity contribution in [2.75, 3.05) is 27.9 Å². The zero-order valence-electron chi connectivity index (χ0n) is 19.7. The maximum absolute atomic E-state index is 12.0.